The highest BCUT2D eigenvalue weighted by Crippen LogP contribution is 2.24. The molecule has 1 aromatic heterocycles. The fraction of sp³-hybridized carbons (Fsp3) is 0.529. The zero-order chi connectivity index (χ0) is 17.2. The predicted molar refractivity (Wildman–Crippen MR) is 97.8 cm³/mol. The summed E-state index contributed by atoms with van der Waals surface area (Å²) in [6.45, 7) is 10.2. The minimum atomic E-state index is -0.183. The van der Waals surface area contributed by atoms with Crippen LogP contribution in [-0.2, 0) is 4.74 Å². The fourth-order valence-corrected chi connectivity index (χ4v) is 3.74. The maximum Gasteiger partial charge on any atom is 0.319 e. The van der Waals surface area contributed by atoms with Crippen LogP contribution in [0.3, 0.4) is 0 Å². The number of urea groups is 1. The molecule has 2 aromatic rings. The van der Waals surface area contributed by atoms with Crippen LogP contribution in [0.25, 0.3) is 10.2 Å². The van der Waals surface area contributed by atoms with Gasteiger partial charge in [0.2, 0.25) is 0 Å². The molecule has 7 heteroatoms. The molecule has 24 heavy (non-hydrogen) atoms. The summed E-state index contributed by atoms with van der Waals surface area (Å²) in [5, 5.41) is 6.91. The largest absolute Gasteiger partial charge is 0.379 e. The number of anilines is 1. The summed E-state index contributed by atoms with van der Waals surface area (Å²) in [4.78, 5) is 19.0. The number of carbonyl (C=O) groups excluding carboxylic acids is 1. The number of nitrogens with zero attached hydrogens (tertiary/aromatic N) is 2. The van der Waals surface area contributed by atoms with Gasteiger partial charge in [-0.3, -0.25) is 4.90 Å². The average Bonchev–Trinajstić information content (AvgIpc) is 2.93. The summed E-state index contributed by atoms with van der Waals surface area (Å²) < 4.78 is 6.47. The lowest BCUT2D eigenvalue weighted by Gasteiger charge is -2.40. The second kappa shape index (κ2) is 7.04. The number of fused-ring (bicyclic) bond motifs is 1. The number of aromatic nitrogens is 1. The molecule has 1 saturated heterocycles. The number of hydrogen-bond acceptors (Lipinski definition) is 5. The van der Waals surface area contributed by atoms with Gasteiger partial charge in [0.05, 0.1) is 28.4 Å². The summed E-state index contributed by atoms with van der Waals surface area (Å²) in [7, 11) is 0. The van der Waals surface area contributed by atoms with E-state index in [4.69, 9.17) is 4.74 Å². The monoisotopic (exact) mass is 348 g/mol. The third-order valence-corrected chi connectivity index (χ3v) is 5.24. The van der Waals surface area contributed by atoms with Crippen molar-refractivity contribution in [3.63, 3.8) is 0 Å². The SMILES string of the molecule is Cc1nc2ccc(NC(=O)NCC(C)(C)N3CCOCC3)cc2s1. The normalized spacial score (nSPS) is 16.3. The molecule has 0 spiro atoms. The lowest BCUT2D eigenvalue weighted by molar-refractivity contribution is -0.00863. The minimum Gasteiger partial charge on any atom is -0.379 e. The van der Waals surface area contributed by atoms with Crippen molar-refractivity contribution in [2.24, 2.45) is 0 Å². The fourth-order valence-electron chi connectivity index (χ4n) is 2.87. The molecule has 1 fully saturated rings. The zero-order valence-electron chi connectivity index (χ0n) is 14.4. The first kappa shape index (κ1) is 17.1. The van der Waals surface area contributed by atoms with Gasteiger partial charge in [-0.1, -0.05) is 0 Å². The summed E-state index contributed by atoms with van der Waals surface area (Å²) in [5.41, 5.74) is 1.66. The molecule has 0 bridgehead atoms. The lowest BCUT2D eigenvalue weighted by Crippen LogP contribution is -2.55. The van der Waals surface area contributed by atoms with E-state index in [1.54, 1.807) is 11.3 Å². The molecule has 2 heterocycles. The average molecular weight is 348 g/mol. The zero-order valence-corrected chi connectivity index (χ0v) is 15.2. The highest BCUT2D eigenvalue weighted by molar-refractivity contribution is 7.18. The van der Waals surface area contributed by atoms with Gasteiger partial charge in [-0.15, -0.1) is 11.3 Å². The molecule has 130 valence electrons. The van der Waals surface area contributed by atoms with E-state index in [0.29, 0.717) is 6.54 Å². The molecule has 1 aromatic carbocycles. The van der Waals surface area contributed by atoms with E-state index in [2.05, 4.69) is 34.4 Å². The third-order valence-electron chi connectivity index (χ3n) is 4.30. The van der Waals surface area contributed by atoms with Gasteiger partial charge >= 0.3 is 6.03 Å². The molecule has 0 aliphatic carbocycles. The minimum absolute atomic E-state index is 0.0974. The highest BCUT2D eigenvalue weighted by atomic mass is 32.1. The topological polar surface area (TPSA) is 66.5 Å². The molecule has 6 nitrogen and oxygen atoms in total. The Bertz CT molecular complexity index is 722. The number of thiazole rings is 1. The maximum absolute atomic E-state index is 12.2. The van der Waals surface area contributed by atoms with Crippen LogP contribution in [0.15, 0.2) is 18.2 Å². The first-order chi connectivity index (χ1) is 11.4. The van der Waals surface area contributed by atoms with E-state index in [-0.39, 0.29) is 11.6 Å². The van der Waals surface area contributed by atoms with Crippen molar-refractivity contribution < 1.29 is 9.53 Å². The number of benzene rings is 1. The summed E-state index contributed by atoms with van der Waals surface area (Å²) in [6, 6.07) is 5.60. The van der Waals surface area contributed by atoms with Gasteiger partial charge < -0.3 is 15.4 Å². The van der Waals surface area contributed by atoms with E-state index in [0.717, 1.165) is 47.2 Å². The Balaban J connectivity index is 1.56. The number of nitrogens with one attached hydrogen (secondary N) is 2. The Kier molecular flexibility index (Phi) is 5.03. The van der Waals surface area contributed by atoms with Crippen molar-refractivity contribution in [3.05, 3.63) is 23.2 Å². The molecule has 3 rings (SSSR count). The van der Waals surface area contributed by atoms with Crippen molar-refractivity contribution in [3.8, 4) is 0 Å². The predicted octanol–water partition coefficient (Wildman–Crippen LogP) is 2.84. The quantitative estimate of drug-likeness (QED) is 0.892. The number of carbonyl (C=O) groups is 1. The van der Waals surface area contributed by atoms with E-state index < -0.39 is 0 Å². The Labute approximate surface area is 146 Å². The van der Waals surface area contributed by atoms with Crippen LogP contribution in [-0.4, -0.2) is 54.3 Å². The smallest absolute Gasteiger partial charge is 0.319 e. The van der Waals surface area contributed by atoms with Crippen molar-refractivity contribution in [2.45, 2.75) is 26.3 Å². The van der Waals surface area contributed by atoms with E-state index in [1.807, 2.05) is 25.1 Å². The lowest BCUT2D eigenvalue weighted by atomic mass is 10.0. The van der Waals surface area contributed by atoms with Gasteiger partial charge in [0, 0.05) is 30.9 Å². The maximum atomic E-state index is 12.2. The molecule has 0 atom stereocenters. The number of amides is 2. The van der Waals surface area contributed by atoms with Gasteiger partial charge in [-0.05, 0) is 39.0 Å². The van der Waals surface area contributed by atoms with Crippen LogP contribution in [0.2, 0.25) is 0 Å². The Morgan fingerprint density at radius 3 is 2.88 bits per heavy atom. The van der Waals surface area contributed by atoms with Gasteiger partial charge in [-0.2, -0.15) is 0 Å². The van der Waals surface area contributed by atoms with E-state index in [9.17, 15) is 4.79 Å². The summed E-state index contributed by atoms with van der Waals surface area (Å²) in [6.07, 6.45) is 0. The van der Waals surface area contributed by atoms with Crippen molar-refractivity contribution in [2.75, 3.05) is 38.2 Å². The number of morpholine rings is 1. The Morgan fingerprint density at radius 2 is 2.12 bits per heavy atom. The van der Waals surface area contributed by atoms with Gasteiger partial charge in [0.15, 0.2) is 0 Å². The Hall–Kier alpha value is -1.70. The van der Waals surface area contributed by atoms with Crippen LogP contribution in [0.4, 0.5) is 10.5 Å². The van der Waals surface area contributed by atoms with E-state index >= 15 is 0 Å². The van der Waals surface area contributed by atoms with Crippen molar-refractivity contribution in [1.82, 2.24) is 15.2 Å². The molecule has 0 radical (unpaired) electrons. The molecule has 0 saturated carbocycles. The van der Waals surface area contributed by atoms with Crippen LogP contribution in [0, 0.1) is 6.92 Å². The molecular weight excluding hydrogens is 324 g/mol. The van der Waals surface area contributed by atoms with E-state index in [1.165, 1.54) is 0 Å². The molecule has 2 N–H and O–H groups in total. The summed E-state index contributed by atoms with van der Waals surface area (Å²) >= 11 is 1.63. The number of rotatable bonds is 4. The van der Waals surface area contributed by atoms with Crippen LogP contribution < -0.4 is 10.6 Å². The molecule has 2 amide bonds. The number of aryl methyl sites for hydroxylation is 1. The third kappa shape index (κ3) is 4.03. The first-order valence-electron chi connectivity index (χ1n) is 8.19. The Morgan fingerprint density at radius 1 is 1.38 bits per heavy atom. The van der Waals surface area contributed by atoms with Gasteiger partial charge in [0.25, 0.3) is 0 Å². The van der Waals surface area contributed by atoms with Gasteiger partial charge in [0.1, 0.15) is 0 Å². The number of hydrogen-bond donors (Lipinski definition) is 2. The van der Waals surface area contributed by atoms with Crippen LogP contribution in [0.5, 0.6) is 0 Å². The molecular formula is C17H24N4O2S. The second-order valence-electron chi connectivity index (χ2n) is 6.63. The molecule has 1 aliphatic heterocycles. The van der Waals surface area contributed by atoms with Crippen molar-refractivity contribution >= 4 is 33.3 Å². The van der Waals surface area contributed by atoms with Crippen molar-refractivity contribution in [1.29, 1.82) is 0 Å². The first-order valence-corrected chi connectivity index (χ1v) is 9.00. The molecule has 1 aliphatic rings. The number of ether oxygens (including phenoxy) is 1. The summed E-state index contributed by atoms with van der Waals surface area (Å²) in [5.74, 6) is 0. The second-order valence-corrected chi connectivity index (χ2v) is 7.87. The highest BCUT2D eigenvalue weighted by Gasteiger charge is 2.28. The van der Waals surface area contributed by atoms with Crippen LogP contribution in [0.1, 0.15) is 18.9 Å². The molecule has 0 unspecified atom stereocenters. The van der Waals surface area contributed by atoms with Gasteiger partial charge in [-0.25, -0.2) is 9.78 Å². The standard InChI is InChI=1S/C17H24N4O2S/c1-12-19-14-5-4-13(10-15(14)24-12)20-16(22)18-11-17(2,3)21-6-8-23-9-7-21/h4-5,10H,6-9,11H2,1-3H3,(H2,18,20,22). The van der Waals surface area contributed by atoms with Crippen LogP contribution >= 0.6 is 11.3 Å².